The topological polar surface area (TPSA) is 57.9 Å². The number of anilines is 1. The molecule has 1 aromatic heterocycles. The van der Waals surface area contributed by atoms with Crippen molar-refractivity contribution in [2.75, 3.05) is 5.32 Å². The third kappa shape index (κ3) is 2.71. The van der Waals surface area contributed by atoms with Crippen molar-refractivity contribution in [3.05, 3.63) is 64.8 Å². The molecule has 0 spiro atoms. The fraction of sp³-hybridized carbons (Fsp3) is 0.0588. The number of benzene rings is 2. The van der Waals surface area contributed by atoms with Gasteiger partial charge in [0, 0.05) is 12.3 Å². The number of rotatable bonds is 3. The molecular formula is C17H15N3OS. The summed E-state index contributed by atoms with van der Waals surface area (Å²) in [6, 6.07) is 17.5. The number of nitrogens with one attached hydrogen (secondary N) is 2. The number of hydrogen-bond donors (Lipinski definition) is 2. The van der Waals surface area contributed by atoms with Crippen molar-refractivity contribution in [2.45, 2.75) is 6.92 Å². The zero-order valence-electron chi connectivity index (χ0n) is 12.0. The zero-order chi connectivity index (χ0) is 15.5. The van der Waals surface area contributed by atoms with Crippen LogP contribution in [0.25, 0.3) is 16.9 Å². The van der Waals surface area contributed by atoms with Crippen molar-refractivity contribution in [1.29, 1.82) is 5.41 Å². The Morgan fingerprint density at radius 1 is 1.09 bits per heavy atom. The minimum absolute atomic E-state index is 0.129. The Balaban J connectivity index is 2.20. The first-order chi connectivity index (χ1) is 10.7. The maximum absolute atomic E-state index is 11.4. The van der Waals surface area contributed by atoms with Crippen LogP contribution in [0.5, 0.6) is 0 Å². The minimum atomic E-state index is -0.129. The van der Waals surface area contributed by atoms with Crippen LogP contribution < -0.4 is 10.1 Å². The molecule has 0 atom stereocenters. The average Bonchev–Trinajstić information content (AvgIpc) is 2.90. The summed E-state index contributed by atoms with van der Waals surface area (Å²) in [5, 5.41) is 13.0. The van der Waals surface area contributed by atoms with Crippen LogP contribution in [0.2, 0.25) is 0 Å². The van der Waals surface area contributed by atoms with Crippen molar-refractivity contribution in [1.82, 2.24) is 4.57 Å². The number of thiazole rings is 1. The molecule has 5 heteroatoms. The van der Waals surface area contributed by atoms with E-state index >= 15 is 0 Å². The number of amides is 1. The molecule has 2 N–H and O–H groups in total. The van der Waals surface area contributed by atoms with Gasteiger partial charge in [0.1, 0.15) is 0 Å². The van der Waals surface area contributed by atoms with Crippen molar-refractivity contribution in [2.24, 2.45) is 0 Å². The molecule has 0 saturated carbocycles. The van der Waals surface area contributed by atoms with E-state index in [4.69, 9.17) is 5.41 Å². The monoisotopic (exact) mass is 309 g/mol. The molecular weight excluding hydrogens is 294 g/mol. The Labute approximate surface area is 132 Å². The van der Waals surface area contributed by atoms with Crippen molar-refractivity contribution < 1.29 is 4.79 Å². The summed E-state index contributed by atoms with van der Waals surface area (Å²) in [6.45, 7) is 1.48. The highest BCUT2D eigenvalue weighted by atomic mass is 32.1. The van der Waals surface area contributed by atoms with Crippen LogP contribution in [0.4, 0.5) is 5.69 Å². The summed E-state index contributed by atoms with van der Waals surface area (Å²) < 4.78 is 1.85. The van der Waals surface area contributed by atoms with Gasteiger partial charge in [-0.1, -0.05) is 42.5 Å². The van der Waals surface area contributed by atoms with E-state index in [9.17, 15) is 4.79 Å². The van der Waals surface area contributed by atoms with Gasteiger partial charge in [0.15, 0.2) is 4.80 Å². The molecule has 0 fully saturated rings. The highest BCUT2D eigenvalue weighted by Crippen LogP contribution is 2.27. The highest BCUT2D eigenvalue weighted by molar-refractivity contribution is 7.07. The summed E-state index contributed by atoms with van der Waals surface area (Å²) in [6.07, 6.45) is 0. The van der Waals surface area contributed by atoms with Gasteiger partial charge in [-0.25, -0.2) is 0 Å². The van der Waals surface area contributed by atoms with Gasteiger partial charge in [0.2, 0.25) is 5.91 Å². The van der Waals surface area contributed by atoms with E-state index < -0.39 is 0 Å². The lowest BCUT2D eigenvalue weighted by Crippen LogP contribution is -2.16. The van der Waals surface area contributed by atoms with Crippen LogP contribution in [0, 0.1) is 5.41 Å². The second kappa shape index (κ2) is 5.99. The molecule has 3 rings (SSSR count). The van der Waals surface area contributed by atoms with Crippen LogP contribution >= 0.6 is 11.3 Å². The predicted octanol–water partition coefficient (Wildman–Crippen LogP) is 3.64. The predicted molar refractivity (Wildman–Crippen MR) is 89.2 cm³/mol. The first-order valence-corrected chi connectivity index (χ1v) is 7.72. The molecule has 1 amide bonds. The SMILES string of the molecule is CC(=O)Nc1ccccc1-n1c(-c2ccccc2)csc1=N. The molecule has 0 aliphatic rings. The molecule has 0 radical (unpaired) electrons. The largest absolute Gasteiger partial charge is 0.325 e. The maximum Gasteiger partial charge on any atom is 0.221 e. The molecule has 2 aromatic carbocycles. The van der Waals surface area contributed by atoms with Gasteiger partial charge in [0.05, 0.1) is 17.1 Å². The first kappa shape index (κ1) is 14.3. The van der Waals surface area contributed by atoms with Gasteiger partial charge in [0.25, 0.3) is 0 Å². The molecule has 22 heavy (non-hydrogen) atoms. The highest BCUT2D eigenvalue weighted by Gasteiger charge is 2.12. The molecule has 0 unspecified atom stereocenters. The third-order valence-electron chi connectivity index (χ3n) is 3.25. The molecule has 1 heterocycles. The fourth-order valence-electron chi connectivity index (χ4n) is 2.34. The lowest BCUT2D eigenvalue weighted by Gasteiger charge is -2.13. The van der Waals surface area contributed by atoms with E-state index in [-0.39, 0.29) is 5.91 Å². The van der Waals surface area contributed by atoms with Crippen LogP contribution in [0.15, 0.2) is 60.0 Å². The lowest BCUT2D eigenvalue weighted by atomic mass is 10.1. The van der Waals surface area contributed by atoms with Crippen molar-refractivity contribution in [3.63, 3.8) is 0 Å². The fourth-order valence-corrected chi connectivity index (χ4v) is 3.10. The number of nitrogens with zero attached hydrogens (tertiary/aromatic N) is 1. The lowest BCUT2D eigenvalue weighted by molar-refractivity contribution is -0.114. The molecule has 110 valence electrons. The summed E-state index contributed by atoms with van der Waals surface area (Å²) >= 11 is 1.37. The van der Waals surface area contributed by atoms with Gasteiger partial charge >= 0.3 is 0 Å². The van der Waals surface area contributed by atoms with E-state index in [1.165, 1.54) is 18.3 Å². The summed E-state index contributed by atoms with van der Waals surface area (Å²) in [5.41, 5.74) is 3.47. The van der Waals surface area contributed by atoms with E-state index in [1.54, 1.807) is 0 Å². The maximum atomic E-state index is 11.4. The smallest absolute Gasteiger partial charge is 0.221 e. The first-order valence-electron chi connectivity index (χ1n) is 6.84. The van der Waals surface area contributed by atoms with Crippen molar-refractivity contribution >= 4 is 22.9 Å². The molecule has 3 aromatic rings. The van der Waals surface area contributed by atoms with Crippen molar-refractivity contribution in [3.8, 4) is 16.9 Å². The van der Waals surface area contributed by atoms with Gasteiger partial charge in [-0.3, -0.25) is 14.8 Å². The number of hydrogen-bond acceptors (Lipinski definition) is 3. The van der Waals surface area contributed by atoms with Gasteiger partial charge in [-0.15, -0.1) is 11.3 Å². The number of carbonyl (C=O) groups excluding carboxylic acids is 1. The Bertz CT molecular complexity index is 865. The zero-order valence-corrected chi connectivity index (χ0v) is 12.9. The van der Waals surface area contributed by atoms with Gasteiger partial charge < -0.3 is 5.32 Å². The van der Waals surface area contributed by atoms with Crippen LogP contribution in [-0.4, -0.2) is 10.5 Å². The van der Waals surface area contributed by atoms with Crippen LogP contribution in [0.1, 0.15) is 6.92 Å². The Morgan fingerprint density at radius 3 is 2.50 bits per heavy atom. The molecule has 0 aliphatic heterocycles. The number of para-hydroxylation sites is 2. The summed E-state index contributed by atoms with van der Waals surface area (Å²) in [7, 11) is 0. The van der Waals surface area contributed by atoms with Gasteiger partial charge in [-0.2, -0.15) is 0 Å². The molecule has 0 aliphatic carbocycles. The Morgan fingerprint density at radius 2 is 1.77 bits per heavy atom. The molecule has 4 nitrogen and oxygen atoms in total. The quantitative estimate of drug-likeness (QED) is 0.762. The van der Waals surface area contributed by atoms with E-state index in [0.717, 1.165) is 16.9 Å². The van der Waals surface area contributed by atoms with E-state index in [1.807, 2.05) is 64.5 Å². The van der Waals surface area contributed by atoms with E-state index in [0.29, 0.717) is 10.5 Å². The second-order valence-electron chi connectivity index (χ2n) is 4.83. The summed E-state index contributed by atoms with van der Waals surface area (Å²) in [5.74, 6) is -0.129. The van der Waals surface area contributed by atoms with Gasteiger partial charge in [-0.05, 0) is 17.7 Å². The van der Waals surface area contributed by atoms with Crippen LogP contribution in [0.3, 0.4) is 0 Å². The summed E-state index contributed by atoms with van der Waals surface area (Å²) in [4.78, 5) is 11.8. The normalized spacial score (nSPS) is 10.4. The second-order valence-corrected chi connectivity index (χ2v) is 5.68. The minimum Gasteiger partial charge on any atom is -0.325 e. The standard InChI is InChI=1S/C17H15N3OS/c1-12(21)19-14-9-5-6-10-15(14)20-16(11-22-17(20)18)13-7-3-2-4-8-13/h2-11,18H,1H3,(H,19,21). The Hall–Kier alpha value is -2.66. The Kier molecular flexibility index (Phi) is 3.89. The molecule has 0 saturated heterocycles. The average molecular weight is 309 g/mol. The molecule has 0 bridgehead atoms. The third-order valence-corrected chi connectivity index (χ3v) is 4.00. The van der Waals surface area contributed by atoms with E-state index in [2.05, 4.69) is 5.32 Å². The number of carbonyl (C=O) groups is 1. The van der Waals surface area contributed by atoms with Crippen LogP contribution in [-0.2, 0) is 4.79 Å². The number of aromatic nitrogens is 1.